The smallest absolute Gasteiger partial charge is 0.329 e. The van der Waals surface area contributed by atoms with E-state index in [0.29, 0.717) is 12.1 Å². The van der Waals surface area contributed by atoms with Crippen LogP contribution in [-0.4, -0.2) is 24.7 Å². The van der Waals surface area contributed by atoms with Crippen LogP contribution >= 0.6 is 0 Å². The fraction of sp³-hybridized carbons (Fsp3) is 0.318. The second-order valence-electron chi connectivity index (χ2n) is 7.16. The number of hydrogen-bond acceptors (Lipinski definition) is 4. The number of aryl methyl sites for hydroxylation is 2. The second-order valence-corrected chi connectivity index (χ2v) is 7.16. The van der Waals surface area contributed by atoms with Crippen LogP contribution in [0.2, 0.25) is 0 Å². The summed E-state index contributed by atoms with van der Waals surface area (Å²) in [6.45, 7) is 1.21. The quantitative estimate of drug-likeness (QED) is 0.413. The molecule has 31 heavy (non-hydrogen) atoms. The molecule has 0 aliphatic rings. The van der Waals surface area contributed by atoms with Crippen molar-refractivity contribution in [2.24, 2.45) is 0 Å². The zero-order valence-corrected chi connectivity index (χ0v) is 17.2. The summed E-state index contributed by atoms with van der Waals surface area (Å²) >= 11 is 0. The van der Waals surface area contributed by atoms with E-state index < -0.39 is 18.6 Å². The number of carbonyl (C=O) groups excluding carboxylic acids is 1. The Morgan fingerprint density at radius 3 is 2.29 bits per heavy atom. The summed E-state index contributed by atoms with van der Waals surface area (Å²) in [5.74, 6) is -0.620. The van der Waals surface area contributed by atoms with Crippen molar-refractivity contribution in [2.75, 3.05) is 0 Å². The Hall–Kier alpha value is -3.49. The summed E-state index contributed by atoms with van der Waals surface area (Å²) in [6, 6.07) is 13.9. The largest absolute Gasteiger partial charge is 0.454 e. The Morgan fingerprint density at radius 2 is 1.65 bits per heavy atom. The number of esters is 1. The molecule has 0 N–H and O–H groups in total. The van der Waals surface area contributed by atoms with Gasteiger partial charge in [-0.1, -0.05) is 24.3 Å². The summed E-state index contributed by atoms with van der Waals surface area (Å²) in [5, 5.41) is 0. The molecule has 4 aromatic rings. The predicted octanol–water partition coefficient (Wildman–Crippen LogP) is 4.26. The average Bonchev–Trinajstić information content (AvgIpc) is 3.27. The standard InChI is InChI=1S/C22H22F2N4O3/c1-3-26-17-10-6-7-11-18(17)27(22(26)30)13-12-19(29)31-14(2)20-25-15-8-4-5-9-16(15)28(20)21(23)24/h4-11,14,21H,3,12-13H2,1-2H3. The molecule has 4 rings (SSSR count). The first-order valence-corrected chi connectivity index (χ1v) is 10.0. The first-order valence-electron chi connectivity index (χ1n) is 10.0. The minimum absolute atomic E-state index is 0.0238. The molecule has 2 aromatic carbocycles. The topological polar surface area (TPSA) is 71.1 Å². The molecule has 2 aromatic heterocycles. The third kappa shape index (κ3) is 3.71. The number of carbonyl (C=O) groups is 1. The van der Waals surface area contributed by atoms with Gasteiger partial charge in [-0.25, -0.2) is 9.78 Å². The highest BCUT2D eigenvalue weighted by atomic mass is 19.3. The molecule has 0 fully saturated rings. The number of benzene rings is 2. The van der Waals surface area contributed by atoms with Crippen LogP contribution in [0, 0.1) is 0 Å². The summed E-state index contributed by atoms with van der Waals surface area (Å²) in [6.07, 6.45) is -1.04. The molecular weight excluding hydrogens is 406 g/mol. The number of nitrogens with zero attached hydrogens (tertiary/aromatic N) is 4. The third-order valence-corrected chi connectivity index (χ3v) is 5.27. The number of fused-ring (bicyclic) bond motifs is 2. The van der Waals surface area contributed by atoms with E-state index in [2.05, 4.69) is 4.98 Å². The van der Waals surface area contributed by atoms with Crippen molar-refractivity contribution in [3.05, 3.63) is 64.8 Å². The van der Waals surface area contributed by atoms with Gasteiger partial charge in [0, 0.05) is 13.1 Å². The van der Waals surface area contributed by atoms with Gasteiger partial charge in [0.25, 0.3) is 0 Å². The number of hydrogen-bond donors (Lipinski definition) is 0. The molecule has 0 saturated carbocycles. The molecule has 9 heteroatoms. The van der Waals surface area contributed by atoms with Crippen molar-refractivity contribution >= 4 is 28.0 Å². The number of para-hydroxylation sites is 4. The molecule has 0 saturated heterocycles. The number of ether oxygens (including phenoxy) is 1. The Labute approximate surface area is 176 Å². The SMILES string of the molecule is CCn1c(=O)n(CCC(=O)OC(C)c2nc3ccccc3n2C(F)F)c2ccccc21. The monoisotopic (exact) mass is 428 g/mol. The van der Waals surface area contributed by atoms with E-state index in [0.717, 1.165) is 15.6 Å². The highest BCUT2D eigenvalue weighted by molar-refractivity contribution is 5.77. The van der Waals surface area contributed by atoms with Crippen molar-refractivity contribution in [1.29, 1.82) is 0 Å². The van der Waals surface area contributed by atoms with Crippen LogP contribution in [0.25, 0.3) is 22.1 Å². The van der Waals surface area contributed by atoms with E-state index in [1.54, 1.807) is 28.8 Å². The molecular formula is C22H22F2N4O3. The lowest BCUT2D eigenvalue weighted by Crippen LogP contribution is -2.25. The van der Waals surface area contributed by atoms with Gasteiger partial charge in [0.15, 0.2) is 11.9 Å². The molecule has 162 valence electrons. The van der Waals surface area contributed by atoms with Crippen molar-refractivity contribution in [3.8, 4) is 0 Å². The Morgan fingerprint density at radius 1 is 1.03 bits per heavy atom. The van der Waals surface area contributed by atoms with Gasteiger partial charge in [-0.2, -0.15) is 8.78 Å². The van der Waals surface area contributed by atoms with E-state index >= 15 is 0 Å². The molecule has 0 bridgehead atoms. The second kappa shape index (κ2) is 8.33. The lowest BCUT2D eigenvalue weighted by Gasteiger charge is -2.15. The highest BCUT2D eigenvalue weighted by Crippen LogP contribution is 2.28. The van der Waals surface area contributed by atoms with Crippen LogP contribution in [0.4, 0.5) is 8.78 Å². The molecule has 0 aliphatic heterocycles. The Bertz CT molecular complexity index is 1310. The van der Waals surface area contributed by atoms with Gasteiger partial charge in [0.2, 0.25) is 0 Å². The predicted molar refractivity (Wildman–Crippen MR) is 112 cm³/mol. The van der Waals surface area contributed by atoms with Gasteiger partial charge < -0.3 is 4.74 Å². The van der Waals surface area contributed by atoms with Crippen LogP contribution in [0.5, 0.6) is 0 Å². The van der Waals surface area contributed by atoms with Crippen LogP contribution in [0.1, 0.15) is 38.7 Å². The van der Waals surface area contributed by atoms with E-state index in [1.165, 1.54) is 11.5 Å². The minimum Gasteiger partial charge on any atom is -0.454 e. The van der Waals surface area contributed by atoms with Crippen LogP contribution in [0.3, 0.4) is 0 Å². The Balaban J connectivity index is 1.52. The summed E-state index contributed by atoms with van der Waals surface area (Å²) in [5.41, 5.74) is 2.00. The van der Waals surface area contributed by atoms with Crippen molar-refractivity contribution in [3.63, 3.8) is 0 Å². The first-order chi connectivity index (χ1) is 14.9. The number of halogens is 2. The molecule has 0 aliphatic carbocycles. The highest BCUT2D eigenvalue weighted by Gasteiger charge is 2.24. The van der Waals surface area contributed by atoms with Crippen molar-refractivity contribution in [1.82, 2.24) is 18.7 Å². The minimum atomic E-state index is -2.82. The maximum atomic E-state index is 13.6. The third-order valence-electron chi connectivity index (χ3n) is 5.27. The Kier molecular flexibility index (Phi) is 5.58. The lowest BCUT2D eigenvalue weighted by molar-refractivity contribution is -0.149. The molecule has 0 amide bonds. The number of alkyl halides is 2. The van der Waals surface area contributed by atoms with Gasteiger partial charge in [-0.3, -0.25) is 18.5 Å². The molecule has 0 spiro atoms. The van der Waals surface area contributed by atoms with Crippen LogP contribution in [-0.2, 0) is 22.6 Å². The van der Waals surface area contributed by atoms with Crippen LogP contribution in [0.15, 0.2) is 53.3 Å². The molecule has 1 atom stereocenters. The maximum Gasteiger partial charge on any atom is 0.329 e. The van der Waals surface area contributed by atoms with Gasteiger partial charge in [-0.05, 0) is 38.1 Å². The van der Waals surface area contributed by atoms with E-state index in [1.807, 2.05) is 31.2 Å². The van der Waals surface area contributed by atoms with Crippen LogP contribution < -0.4 is 5.69 Å². The van der Waals surface area contributed by atoms with E-state index in [9.17, 15) is 18.4 Å². The zero-order chi connectivity index (χ0) is 22.1. The summed E-state index contributed by atoms with van der Waals surface area (Å²) in [4.78, 5) is 29.3. The number of aromatic nitrogens is 4. The first kappa shape index (κ1) is 20.8. The summed E-state index contributed by atoms with van der Waals surface area (Å²) in [7, 11) is 0. The molecule has 0 radical (unpaired) electrons. The van der Waals surface area contributed by atoms with Gasteiger partial charge in [-0.15, -0.1) is 0 Å². The normalized spacial score (nSPS) is 12.7. The van der Waals surface area contributed by atoms with Crippen molar-refractivity contribution < 1.29 is 18.3 Å². The lowest BCUT2D eigenvalue weighted by atomic mass is 10.3. The van der Waals surface area contributed by atoms with Crippen molar-refractivity contribution in [2.45, 2.75) is 46.0 Å². The fourth-order valence-corrected chi connectivity index (χ4v) is 3.86. The van der Waals surface area contributed by atoms with E-state index in [4.69, 9.17) is 4.74 Å². The van der Waals surface area contributed by atoms with E-state index in [-0.39, 0.29) is 30.0 Å². The molecule has 1 unspecified atom stereocenters. The molecule has 7 nitrogen and oxygen atoms in total. The fourth-order valence-electron chi connectivity index (χ4n) is 3.86. The summed E-state index contributed by atoms with van der Waals surface area (Å²) < 4.78 is 36.6. The maximum absolute atomic E-state index is 13.6. The van der Waals surface area contributed by atoms with Gasteiger partial charge in [0.05, 0.1) is 28.5 Å². The van der Waals surface area contributed by atoms with Gasteiger partial charge >= 0.3 is 18.2 Å². The number of rotatable bonds is 7. The average molecular weight is 428 g/mol. The number of imidazole rings is 2. The van der Waals surface area contributed by atoms with Gasteiger partial charge in [0.1, 0.15) is 0 Å². The zero-order valence-electron chi connectivity index (χ0n) is 17.2. The molecule has 2 heterocycles.